The van der Waals surface area contributed by atoms with Crippen LogP contribution in [0.1, 0.15) is 18.0 Å². The third-order valence-corrected chi connectivity index (χ3v) is 4.74. The van der Waals surface area contributed by atoms with Crippen LogP contribution in [0, 0.1) is 0 Å². The second-order valence-corrected chi connectivity index (χ2v) is 6.65. The summed E-state index contributed by atoms with van der Waals surface area (Å²) in [6.07, 6.45) is 0.0193. The fourth-order valence-corrected chi connectivity index (χ4v) is 3.08. The van der Waals surface area contributed by atoms with Crippen LogP contribution in [0.25, 0.3) is 0 Å². The van der Waals surface area contributed by atoms with Crippen LogP contribution in [0.15, 0.2) is 18.2 Å². The zero-order valence-electron chi connectivity index (χ0n) is 17.4. The second-order valence-electron chi connectivity index (χ2n) is 6.65. The van der Waals surface area contributed by atoms with Crippen LogP contribution >= 0.6 is 0 Å². The number of morpholine rings is 1. The summed E-state index contributed by atoms with van der Waals surface area (Å²) in [4.78, 5) is 26.5. The Morgan fingerprint density at radius 2 is 1.86 bits per heavy atom. The normalized spacial score (nSPS) is 15.4. The fourth-order valence-electron chi connectivity index (χ4n) is 3.08. The maximum absolute atomic E-state index is 12.4. The number of ether oxygens (including phenoxy) is 4. The fraction of sp³-hybridized carbons (Fsp3) is 0.600. The number of carbonyl (C=O) groups excluding carboxylic acids is 2. The smallest absolute Gasteiger partial charge is 0.307 e. The summed E-state index contributed by atoms with van der Waals surface area (Å²) in [6.45, 7) is 5.05. The summed E-state index contributed by atoms with van der Waals surface area (Å²) in [7, 11) is 4.41. The number of amides is 1. The second kappa shape index (κ2) is 12.3. The average Bonchev–Trinajstić information content (AvgIpc) is 2.76. The highest BCUT2D eigenvalue weighted by Gasteiger charge is 2.20. The monoisotopic (exact) mass is 409 g/mol. The molecule has 0 aromatic heterocycles. The van der Waals surface area contributed by atoms with Crippen LogP contribution in [-0.2, 0) is 19.1 Å². The summed E-state index contributed by atoms with van der Waals surface area (Å²) < 4.78 is 20.7. The molecular weight excluding hydrogens is 378 g/mol. The minimum Gasteiger partial charge on any atom is -0.493 e. The Morgan fingerprint density at radius 3 is 2.52 bits per heavy atom. The first kappa shape index (κ1) is 22.9. The Kier molecular flexibility index (Phi) is 9.69. The van der Waals surface area contributed by atoms with Gasteiger partial charge < -0.3 is 29.6 Å². The van der Waals surface area contributed by atoms with Crippen molar-refractivity contribution in [3.63, 3.8) is 0 Å². The van der Waals surface area contributed by atoms with E-state index >= 15 is 0 Å². The van der Waals surface area contributed by atoms with Gasteiger partial charge in [0.2, 0.25) is 5.91 Å². The van der Waals surface area contributed by atoms with Gasteiger partial charge in [-0.1, -0.05) is 6.07 Å². The van der Waals surface area contributed by atoms with Gasteiger partial charge in [0.1, 0.15) is 0 Å². The van der Waals surface area contributed by atoms with Gasteiger partial charge in [0.15, 0.2) is 11.5 Å². The lowest BCUT2D eigenvalue weighted by atomic mass is 10.0. The van der Waals surface area contributed by atoms with Gasteiger partial charge in [-0.3, -0.25) is 14.5 Å². The number of hydrogen-bond donors (Lipinski definition) is 2. The Labute approximate surface area is 171 Å². The van der Waals surface area contributed by atoms with E-state index in [0.29, 0.717) is 18.0 Å². The highest BCUT2D eigenvalue weighted by atomic mass is 16.5. The number of hydrogen-bond acceptors (Lipinski definition) is 8. The molecule has 1 aliphatic heterocycles. The SMILES string of the molecule is COC(=O)CC(NC(=O)CNCCN1CCOCC1)c1ccc(OC)c(OC)c1. The number of methoxy groups -OCH3 is 3. The lowest BCUT2D eigenvalue weighted by Crippen LogP contribution is -2.42. The molecule has 0 saturated carbocycles. The van der Waals surface area contributed by atoms with E-state index in [4.69, 9.17) is 18.9 Å². The van der Waals surface area contributed by atoms with Crippen LogP contribution in [0.2, 0.25) is 0 Å². The van der Waals surface area contributed by atoms with Crippen LogP contribution in [0.4, 0.5) is 0 Å². The number of nitrogens with one attached hydrogen (secondary N) is 2. The van der Waals surface area contributed by atoms with Gasteiger partial charge in [-0.25, -0.2) is 0 Å². The molecule has 0 radical (unpaired) electrons. The van der Waals surface area contributed by atoms with E-state index in [0.717, 1.165) is 38.4 Å². The molecule has 1 amide bonds. The molecule has 0 aliphatic carbocycles. The topological polar surface area (TPSA) is 98.4 Å². The number of benzene rings is 1. The molecule has 0 bridgehead atoms. The van der Waals surface area contributed by atoms with Gasteiger partial charge in [0, 0.05) is 26.2 Å². The lowest BCUT2D eigenvalue weighted by molar-refractivity contribution is -0.141. The lowest BCUT2D eigenvalue weighted by Gasteiger charge is -2.26. The summed E-state index contributed by atoms with van der Waals surface area (Å²) >= 11 is 0. The van der Waals surface area contributed by atoms with Gasteiger partial charge in [-0.15, -0.1) is 0 Å². The first-order chi connectivity index (χ1) is 14.1. The van der Waals surface area contributed by atoms with Crippen LogP contribution in [0.3, 0.4) is 0 Å². The first-order valence-corrected chi connectivity index (χ1v) is 9.66. The van der Waals surface area contributed by atoms with Crippen LogP contribution in [-0.4, -0.2) is 84.0 Å². The molecule has 2 rings (SSSR count). The molecule has 2 N–H and O–H groups in total. The van der Waals surface area contributed by atoms with Crippen LogP contribution < -0.4 is 20.1 Å². The number of nitrogens with zero attached hydrogens (tertiary/aromatic N) is 1. The first-order valence-electron chi connectivity index (χ1n) is 9.66. The van der Waals surface area contributed by atoms with Gasteiger partial charge in [-0.05, 0) is 17.7 Å². The Hall–Kier alpha value is -2.36. The largest absolute Gasteiger partial charge is 0.493 e. The van der Waals surface area contributed by atoms with E-state index in [1.54, 1.807) is 25.3 Å². The molecule has 9 heteroatoms. The van der Waals surface area contributed by atoms with Crippen molar-refractivity contribution in [3.8, 4) is 11.5 Å². The average molecular weight is 409 g/mol. The third-order valence-electron chi connectivity index (χ3n) is 4.74. The molecule has 1 aromatic carbocycles. The van der Waals surface area contributed by atoms with Gasteiger partial charge in [0.05, 0.1) is 53.6 Å². The quantitative estimate of drug-likeness (QED) is 0.399. The van der Waals surface area contributed by atoms with Gasteiger partial charge in [-0.2, -0.15) is 0 Å². The highest BCUT2D eigenvalue weighted by molar-refractivity contribution is 5.79. The van der Waals surface area contributed by atoms with E-state index in [1.165, 1.54) is 14.2 Å². The molecule has 1 fully saturated rings. The summed E-state index contributed by atoms with van der Waals surface area (Å²) in [5, 5.41) is 6.04. The van der Waals surface area contributed by atoms with E-state index in [-0.39, 0.29) is 18.9 Å². The number of carbonyl (C=O) groups is 2. The summed E-state index contributed by atoms with van der Waals surface area (Å²) in [6, 6.07) is 4.75. The molecule has 1 aromatic rings. The van der Waals surface area contributed by atoms with Gasteiger partial charge >= 0.3 is 5.97 Å². The zero-order chi connectivity index (χ0) is 21.1. The molecule has 29 heavy (non-hydrogen) atoms. The van der Waals surface area contributed by atoms with Crippen molar-refractivity contribution in [2.75, 3.05) is 67.3 Å². The Bertz CT molecular complexity index is 664. The van der Waals surface area contributed by atoms with Crippen LogP contribution in [0.5, 0.6) is 11.5 Å². The van der Waals surface area contributed by atoms with Crippen molar-refractivity contribution in [1.29, 1.82) is 0 Å². The molecule has 9 nitrogen and oxygen atoms in total. The predicted molar refractivity (Wildman–Crippen MR) is 107 cm³/mol. The van der Waals surface area contributed by atoms with E-state index < -0.39 is 12.0 Å². The van der Waals surface area contributed by atoms with Crippen molar-refractivity contribution >= 4 is 11.9 Å². The van der Waals surface area contributed by atoms with E-state index in [1.807, 2.05) is 0 Å². The van der Waals surface area contributed by atoms with E-state index in [9.17, 15) is 9.59 Å². The molecule has 1 unspecified atom stereocenters. The van der Waals surface area contributed by atoms with Crippen molar-refractivity contribution in [2.24, 2.45) is 0 Å². The van der Waals surface area contributed by atoms with Crippen molar-refractivity contribution in [1.82, 2.24) is 15.5 Å². The maximum atomic E-state index is 12.4. The molecule has 0 spiro atoms. The Balaban J connectivity index is 1.91. The predicted octanol–water partition coefficient (Wildman–Crippen LogP) is 0.346. The molecular formula is C20H31N3O6. The third kappa shape index (κ3) is 7.52. The standard InChI is InChI=1S/C20H31N3O6/c1-26-17-5-4-15(12-18(17)27-2)16(13-20(25)28-3)22-19(24)14-21-6-7-23-8-10-29-11-9-23/h4-5,12,16,21H,6-11,13-14H2,1-3H3,(H,22,24). The zero-order valence-corrected chi connectivity index (χ0v) is 17.4. The number of esters is 1. The van der Waals surface area contributed by atoms with Crippen molar-refractivity contribution < 1.29 is 28.5 Å². The van der Waals surface area contributed by atoms with Crippen molar-refractivity contribution in [2.45, 2.75) is 12.5 Å². The highest BCUT2D eigenvalue weighted by Crippen LogP contribution is 2.31. The maximum Gasteiger partial charge on any atom is 0.307 e. The molecule has 162 valence electrons. The molecule has 1 heterocycles. The molecule has 1 saturated heterocycles. The number of rotatable bonds is 11. The van der Waals surface area contributed by atoms with Crippen molar-refractivity contribution in [3.05, 3.63) is 23.8 Å². The minimum absolute atomic E-state index is 0.0193. The van der Waals surface area contributed by atoms with Gasteiger partial charge in [0.25, 0.3) is 0 Å². The Morgan fingerprint density at radius 1 is 1.14 bits per heavy atom. The van der Waals surface area contributed by atoms with E-state index in [2.05, 4.69) is 15.5 Å². The summed E-state index contributed by atoms with van der Waals surface area (Å²) in [5.74, 6) is 0.489. The summed E-state index contributed by atoms with van der Waals surface area (Å²) in [5.41, 5.74) is 0.731. The molecule has 1 aliphatic rings. The molecule has 1 atom stereocenters. The minimum atomic E-state index is -0.532.